The van der Waals surface area contributed by atoms with Crippen LogP contribution < -0.4 is 10.1 Å². The van der Waals surface area contributed by atoms with E-state index in [1.807, 2.05) is 60.7 Å². The lowest BCUT2D eigenvalue weighted by molar-refractivity contribution is -0.139. The second-order valence-corrected chi connectivity index (χ2v) is 12.0. The third-order valence-corrected chi connectivity index (χ3v) is 8.93. The summed E-state index contributed by atoms with van der Waals surface area (Å²) in [5.74, 6) is -0.601. The van der Waals surface area contributed by atoms with E-state index < -0.39 is 29.7 Å². The Morgan fingerprint density at radius 1 is 0.844 bits per heavy atom. The van der Waals surface area contributed by atoms with Crippen LogP contribution in [0.4, 0.5) is 13.2 Å². The van der Waals surface area contributed by atoms with Crippen LogP contribution in [-0.4, -0.2) is 33.8 Å². The number of carbonyl (C=O) groups is 2. The predicted molar refractivity (Wildman–Crippen MR) is 170 cm³/mol. The number of carbonyl (C=O) groups excluding carboxylic acids is 1. The van der Waals surface area contributed by atoms with Gasteiger partial charge in [-0.1, -0.05) is 72.8 Å². The molecule has 5 aromatic rings. The monoisotopic (exact) mass is 648 g/mol. The van der Waals surface area contributed by atoms with E-state index >= 15 is 0 Å². The number of halogens is 3. The summed E-state index contributed by atoms with van der Waals surface area (Å²) in [5.41, 5.74) is 2.21. The Morgan fingerprint density at radius 2 is 1.44 bits per heavy atom. The molecule has 0 radical (unpaired) electrons. The average Bonchev–Trinajstić information content (AvgIpc) is 3.50. The largest absolute Gasteiger partial charge is 0.489 e. The molecule has 0 unspecified atom stereocenters. The summed E-state index contributed by atoms with van der Waals surface area (Å²) in [7, 11) is 0. The number of aromatic nitrogens is 1. The number of rotatable bonds is 12. The minimum atomic E-state index is -4.49. The fraction of sp³-hybridized carbons (Fsp3) is 0.147. The van der Waals surface area contributed by atoms with Crippen molar-refractivity contribution in [3.8, 4) is 26.8 Å². The van der Waals surface area contributed by atoms with Gasteiger partial charge in [-0.3, -0.25) is 4.79 Å². The predicted octanol–water partition coefficient (Wildman–Crippen LogP) is 8.19. The Labute approximate surface area is 265 Å². The van der Waals surface area contributed by atoms with Gasteiger partial charge in [0.25, 0.3) is 5.91 Å². The lowest BCUT2D eigenvalue weighted by Gasteiger charge is -2.14. The molecule has 0 bridgehead atoms. The summed E-state index contributed by atoms with van der Waals surface area (Å²) in [5, 5.41) is 12.7. The van der Waals surface area contributed by atoms with Gasteiger partial charge < -0.3 is 15.2 Å². The van der Waals surface area contributed by atoms with Gasteiger partial charge in [0.15, 0.2) is 0 Å². The number of thiazole rings is 1. The minimum absolute atomic E-state index is 0.0211. The maximum Gasteiger partial charge on any atom is 0.416 e. The highest BCUT2D eigenvalue weighted by Gasteiger charge is 2.30. The fourth-order valence-electron chi connectivity index (χ4n) is 4.31. The zero-order valence-electron chi connectivity index (χ0n) is 23.7. The van der Waals surface area contributed by atoms with Gasteiger partial charge >= 0.3 is 12.1 Å². The first-order valence-corrected chi connectivity index (χ1v) is 15.8. The molecule has 0 saturated carbocycles. The number of hydrogen-bond donors (Lipinski definition) is 2. The molecule has 1 amide bonds. The highest BCUT2D eigenvalue weighted by Crippen LogP contribution is 2.38. The van der Waals surface area contributed by atoms with E-state index in [1.165, 1.54) is 23.9 Å². The third-order valence-electron chi connectivity index (χ3n) is 6.67. The van der Waals surface area contributed by atoms with Crippen molar-refractivity contribution < 1.29 is 32.6 Å². The first-order valence-electron chi connectivity index (χ1n) is 13.8. The molecule has 0 fully saturated rings. The third kappa shape index (κ3) is 8.52. The quantitative estimate of drug-likeness (QED) is 0.142. The Kier molecular flexibility index (Phi) is 10.2. The van der Waals surface area contributed by atoms with Crippen molar-refractivity contribution in [1.29, 1.82) is 0 Å². The minimum Gasteiger partial charge on any atom is -0.489 e. The van der Waals surface area contributed by atoms with Crippen LogP contribution in [0.3, 0.4) is 0 Å². The number of thioether (sulfide) groups is 1. The lowest BCUT2D eigenvalue weighted by Crippen LogP contribution is -2.42. The topological polar surface area (TPSA) is 88.5 Å². The lowest BCUT2D eigenvalue weighted by atomic mass is 10.1. The summed E-state index contributed by atoms with van der Waals surface area (Å²) < 4.78 is 45.3. The van der Waals surface area contributed by atoms with Gasteiger partial charge in [0.05, 0.1) is 10.4 Å². The van der Waals surface area contributed by atoms with E-state index in [9.17, 15) is 27.9 Å². The van der Waals surface area contributed by atoms with Crippen LogP contribution in [0.5, 0.6) is 5.75 Å². The molecule has 0 aliphatic heterocycles. The number of carboxylic acids is 1. The van der Waals surface area contributed by atoms with Crippen molar-refractivity contribution >= 4 is 35.0 Å². The van der Waals surface area contributed by atoms with E-state index in [1.54, 1.807) is 24.3 Å². The molecular formula is C34H27F3N2O4S2. The molecule has 230 valence electrons. The molecule has 0 aliphatic carbocycles. The fourth-order valence-corrected chi connectivity index (χ4v) is 6.39. The second-order valence-electron chi connectivity index (χ2n) is 9.94. The molecular weight excluding hydrogens is 622 g/mol. The van der Waals surface area contributed by atoms with Crippen molar-refractivity contribution in [2.24, 2.45) is 0 Å². The Balaban J connectivity index is 1.39. The van der Waals surface area contributed by atoms with E-state index in [4.69, 9.17) is 4.74 Å². The van der Waals surface area contributed by atoms with E-state index in [2.05, 4.69) is 10.3 Å². The van der Waals surface area contributed by atoms with Gasteiger partial charge in [-0.05, 0) is 53.1 Å². The van der Waals surface area contributed by atoms with Crippen LogP contribution in [-0.2, 0) is 23.3 Å². The number of nitrogens with one attached hydrogen (secondary N) is 1. The van der Waals surface area contributed by atoms with Gasteiger partial charge in [-0.15, -0.1) is 11.3 Å². The van der Waals surface area contributed by atoms with Crippen LogP contribution in [0.25, 0.3) is 21.0 Å². The number of amides is 1. The van der Waals surface area contributed by atoms with Crippen LogP contribution in [0.15, 0.2) is 109 Å². The molecule has 2 N–H and O–H groups in total. The molecule has 45 heavy (non-hydrogen) atoms. The van der Waals surface area contributed by atoms with Gasteiger partial charge in [-0.25, -0.2) is 9.78 Å². The van der Waals surface area contributed by atoms with Crippen LogP contribution in [0.2, 0.25) is 0 Å². The molecule has 0 spiro atoms. The summed E-state index contributed by atoms with van der Waals surface area (Å²) in [6, 6.07) is 29.5. The molecule has 1 heterocycles. The van der Waals surface area contributed by atoms with Gasteiger partial charge in [0, 0.05) is 17.1 Å². The van der Waals surface area contributed by atoms with Crippen molar-refractivity contribution in [3.63, 3.8) is 0 Å². The number of ether oxygens (including phenoxy) is 1. The van der Waals surface area contributed by atoms with Crippen molar-refractivity contribution in [3.05, 3.63) is 132 Å². The maximum atomic E-state index is 13.5. The van der Waals surface area contributed by atoms with Crippen LogP contribution in [0, 0.1) is 0 Å². The van der Waals surface area contributed by atoms with E-state index in [-0.39, 0.29) is 11.4 Å². The Morgan fingerprint density at radius 3 is 2.04 bits per heavy atom. The number of aliphatic carboxylic acids is 1. The zero-order chi connectivity index (χ0) is 31.8. The highest BCUT2D eigenvalue weighted by atomic mass is 32.2. The maximum absolute atomic E-state index is 13.5. The molecule has 1 atom stereocenters. The molecule has 1 aromatic heterocycles. The second kappa shape index (κ2) is 14.4. The van der Waals surface area contributed by atoms with Crippen molar-refractivity contribution in [2.45, 2.75) is 24.6 Å². The summed E-state index contributed by atoms with van der Waals surface area (Å²) in [6.45, 7) is 0.366. The summed E-state index contributed by atoms with van der Waals surface area (Å²) >= 11 is 2.50. The Hall–Kier alpha value is -4.61. The smallest absolute Gasteiger partial charge is 0.416 e. The number of alkyl halides is 3. The molecule has 11 heteroatoms. The zero-order valence-corrected chi connectivity index (χ0v) is 25.3. The summed E-state index contributed by atoms with van der Waals surface area (Å²) in [6.07, 6.45) is -4.49. The van der Waals surface area contributed by atoms with Gasteiger partial charge in [0.2, 0.25) is 0 Å². The number of carboxylic acid groups (broad SMARTS) is 1. The molecule has 5 rings (SSSR count). The van der Waals surface area contributed by atoms with E-state index in [0.717, 1.165) is 34.6 Å². The SMILES string of the molecule is O=C(N[C@@H](CSCc1ccccc1)C(=O)O)c1nc(-c2ccc(C(F)(F)F)cc2)sc1-c1ccc(OCc2ccccc2)cc1. The standard InChI is InChI=1S/C34H27F3N2O4S2/c35-34(36,37)26-15-11-25(12-16-26)32-39-29(31(40)38-28(33(41)42)21-44-20-23-9-5-2-6-10-23)30(45-32)24-13-17-27(18-14-24)43-19-22-7-3-1-4-8-22/h1-18,28H,19-21H2,(H,38,40)(H,41,42)/t28-/m0/s1. The number of hydrogen-bond acceptors (Lipinski definition) is 6. The normalized spacial score (nSPS) is 12.0. The number of benzene rings is 4. The first-order chi connectivity index (χ1) is 21.7. The van der Waals surface area contributed by atoms with Crippen LogP contribution >= 0.6 is 23.1 Å². The highest BCUT2D eigenvalue weighted by molar-refractivity contribution is 7.98. The molecule has 4 aromatic carbocycles. The molecule has 6 nitrogen and oxygen atoms in total. The van der Waals surface area contributed by atoms with Crippen molar-refractivity contribution in [1.82, 2.24) is 10.3 Å². The average molecular weight is 649 g/mol. The summed E-state index contributed by atoms with van der Waals surface area (Å²) in [4.78, 5) is 30.5. The van der Waals surface area contributed by atoms with E-state index in [0.29, 0.717) is 39.1 Å². The van der Waals surface area contributed by atoms with Crippen molar-refractivity contribution in [2.75, 3.05) is 5.75 Å². The van der Waals surface area contributed by atoms with Crippen LogP contribution in [0.1, 0.15) is 27.2 Å². The van der Waals surface area contributed by atoms with Gasteiger partial charge in [-0.2, -0.15) is 24.9 Å². The Bertz CT molecular complexity index is 1730. The first kappa shape index (κ1) is 31.8. The molecule has 0 saturated heterocycles. The number of nitrogens with zero attached hydrogens (tertiary/aromatic N) is 1. The van der Waals surface area contributed by atoms with Gasteiger partial charge in [0.1, 0.15) is 29.1 Å². The molecule has 0 aliphatic rings.